The van der Waals surface area contributed by atoms with Gasteiger partial charge in [0.15, 0.2) is 5.16 Å². The van der Waals surface area contributed by atoms with Crippen LogP contribution in [0.15, 0.2) is 11.2 Å². The Morgan fingerprint density at radius 3 is 2.88 bits per heavy atom. The van der Waals surface area contributed by atoms with Gasteiger partial charge in [0.2, 0.25) is 0 Å². The summed E-state index contributed by atoms with van der Waals surface area (Å²) in [5, 5.41) is 9.78. The largest absolute Gasteiger partial charge is 0.395 e. The van der Waals surface area contributed by atoms with Crippen molar-refractivity contribution < 1.29 is 5.11 Å². The summed E-state index contributed by atoms with van der Waals surface area (Å²) in [7, 11) is 0. The van der Waals surface area contributed by atoms with E-state index in [0.29, 0.717) is 23.6 Å². The van der Waals surface area contributed by atoms with Crippen molar-refractivity contribution in [3.05, 3.63) is 6.07 Å². The molecule has 2 rings (SSSR count). The highest BCUT2D eigenvalue weighted by molar-refractivity contribution is 7.98. The first-order valence-electron chi connectivity index (χ1n) is 5.55. The van der Waals surface area contributed by atoms with Gasteiger partial charge in [0.25, 0.3) is 0 Å². The molecule has 94 valence electrons. The molecule has 0 bridgehead atoms. The number of nitrogens with zero attached hydrogens (tertiary/aromatic N) is 3. The number of aromatic nitrogens is 2. The third-order valence-corrected chi connectivity index (χ3v) is 3.19. The lowest BCUT2D eigenvalue weighted by Gasteiger charge is -2.23. The zero-order valence-corrected chi connectivity index (χ0v) is 10.6. The number of hydrogen-bond acceptors (Lipinski definition) is 7. The normalized spacial score (nSPS) is 14.8. The average molecular weight is 255 g/mol. The maximum absolute atomic E-state index is 9.10. The molecule has 1 aliphatic rings. The number of aliphatic hydroxyl groups excluding tert-OH is 1. The molecule has 0 spiro atoms. The van der Waals surface area contributed by atoms with Crippen LogP contribution in [-0.4, -0.2) is 40.5 Å². The van der Waals surface area contributed by atoms with E-state index >= 15 is 0 Å². The van der Waals surface area contributed by atoms with Crippen LogP contribution < -0.4 is 16.2 Å². The molecule has 0 radical (unpaired) electrons. The second-order valence-corrected chi connectivity index (χ2v) is 4.66. The number of rotatable bonds is 6. The predicted molar refractivity (Wildman–Crippen MR) is 69.1 cm³/mol. The second kappa shape index (κ2) is 5.52. The van der Waals surface area contributed by atoms with E-state index in [1.807, 2.05) is 12.3 Å². The van der Waals surface area contributed by atoms with Crippen LogP contribution in [0.25, 0.3) is 0 Å². The topological polar surface area (TPSA) is 87.3 Å². The van der Waals surface area contributed by atoms with Crippen molar-refractivity contribution in [3.63, 3.8) is 0 Å². The van der Waals surface area contributed by atoms with Gasteiger partial charge in [-0.05, 0) is 19.1 Å². The highest BCUT2D eigenvalue weighted by Gasteiger charge is 2.30. The molecule has 6 nitrogen and oxygen atoms in total. The van der Waals surface area contributed by atoms with Gasteiger partial charge in [-0.3, -0.25) is 0 Å². The van der Waals surface area contributed by atoms with E-state index in [2.05, 4.69) is 20.3 Å². The van der Waals surface area contributed by atoms with Gasteiger partial charge < -0.3 is 15.4 Å². The SMILES string of the molecule is CSc1nc(NN)cc(N(CCO)C2CC2)n1. The highest BCUT2D eigenvalue weighted by atomic mass is 32.2. The van der Waals surface area contributed by atoms with Gasteiger partial charge in [-0.15, -0.1) is 0 Å². The maximum Gasteiger partial charge on any atom is 0.191 e. The van der Waals surface area contributed by atoms with Gasteiger partial charge in [0.05, 0.1) is 6.61 Å². The molecule has 1 fully saturated rings. The van der Waals surface area contributed by atoms with Crippen LogP contribution in [0.5, 0.6) is 0 Å². The molecule has 1 aromatic rings. The molecule has 0 atom stereocenters. The van der Waals surface area contributed by atoms with Gasteiger partial charge >= 0.3 is 0 Å². The number of nitrogens with one attached hydrogen (secondary N) is 1. The van der Waals surface area contributed by atoms with Crippen molar-refractivity contribution in [2.45, 2.75) is 24.0 Å². The van der Waals surface area contributed by atoms with Gasteiger partial charge in [-0.2, -0.15) is 0 Å². The van der Waals surface area contributed by atoms with Crippen molar-refractivity contribution >= 4 is 23.4 Å². The third-order valence-electron chi connectivity index (χ3n) is 2.65. The van der Waals surface area contributed by atoms with Crippen LogP contribution in [0, 0.1) is 0 Å². The second-order valence-electron chi connectivity index (χ2n) is 3.89. The first-order chi connectivity index (χ1) is 8.28. The number of nitrogens with two attached hydrogens (primary N) is 1. The van der Waals surface area contributed by atoms with Crippen LogP contribution in [-0.2, 0) is 0 Å². The summed E-state index contributed by atoms with van der Waals surface area (Å²) in [4.78, 5) is 10.8. The van der Waals surface area contributed by atoms with E-state index in [4.69, 9.17) is 10.9 Å². The highest BCUT2D eigenvalue weighted by Crippen LogP contribution is 2.31. The van der Waals surface area contributed by atoms with Crippen molar-refractivity contribution in [2.75, 3.05) is 29.7 Å². The monoisotopic (exact) mass is 255 g/mol. The van der Waals surface area contributed by atoms with E-state index in [1.165, 1.54) is 11.8 Å². The number of hydrogen-bond donors (Lipinski definition) is 3. The van der Waals surface area contributed by atoms with Crippen molar-refractivity contribution in [2.24, 2.45) is 5.84 Å². The lowest BCUT2D eigenvalue weighted by Crippen LogP contribution is -2.30. The first kappa shape index (κ1) is 12.4. The van der Waals surface area contributed by atoms with Crippen LogP contribution in [0.4, 0.5) is 11.6 Å². The molecule has 1 saturated carbocycles. The van der Waals surface area contributed by atoms with Gasteiger partial charge in [-0.1, -0.05) is 11.8 Å². The summed E-state index contributed by atoms with van der Waals surface area (Å²) in [6.07, 6.45) is 4.24. The minimum Gasteiger partial charge on any atom is -0.395 e. The third kappa shape index (κ3) is 2.99. The van der Waals surface area contributed by atoms with Gasteiger partial charge in [0.1, 0.15) is 11.6 Å². The molecule has 0 aromatic carbocycles. The van der Waals surface area contributed by atoms with Crippen molar-refractivity contribution in [1.82, 2.24) is 9.97 Å². The van der Waals surface area contributed by atoms with E-state index < -0.39 is 0 Å². The summed E-state index contributed by atoms with van der Waals surface area (Å²) >= 11 is 1.47. The van der Waals surface area contributed by atoms with Gasteiger partial charge in [0, 0.05) is 18.7 Å². The fraction of sp³-hybridized carbons (Fsp3) is 0.600. The maximum atomic E-state index is 9.10. The minimum atomic E-state index is 0.125. The molecule has 0 aliphatic heterocycles. The fourth-order valence-corrected chi connectivity index (χ4v) is 2.08. The number of anilines is 2. The number of hydrazine groups is 1. The molecule has 1 aromatic heterocycles. The summed E-state index contributed by atoms with van der Waals surface area (Å²) < 4.78 is 0. The summed E-state index contributed by atoms with van der Waals surface area (Å²) in [5.74, 6) is 6.82. The Bertz CT molecular complexity index is 363. The van der Waals surface area contributed by atoms with Crippen LogP contribution >= 0.6 is 11.8 Å². The molecular weight excluding hydrogens is 238 g/mol. The first-order valence-corrected chi connectivity index (χ1v) is 6.78. The number of thioether (sulfide) groups is 1. The molecule has 0 unspecified atom stereocenters. The molecule has 1 aliphatic carbocycles. The predicted octanol–water partition coefficient (Wildman–Crippen LogP) is 0.445. The Hall–Kier alpha value is -1.05. The number of nitrogen functional groups attached to an aromatic ring is 1. The summed E-state index contributed by atoms with van der Waals surface area (Å²) in [6, 6.07) is 2.31. The van der Waals surface area contributed by atoms with Crippen molar-refractivity contribution in [1.29, 1.82) is 0 Å². The van der Waals surface area contributed by atoms with E-state index in [-0.39, 0.29) is 6.61 Å². The zero-order valence-electron chi connectivity index (χ0n) is 9.76. The molecule has 0 saturated heterocycles. The molecule has 0 amide bonds. The minimum absolute atomic E-state index is 0.125. The quantitative estimate of drug-likeness (QED) is 0.294. The zero-order chi connectivity index (χ0) is 12.3. The average Bonchev–Trinajstić information content (AvgIpc) is 3.19. The number of aliphatic hydroxyl groups is 1. The molecule has 1 heterocycles. The molecule has 7 heteroatoms. The Balaban J connectivity index is 2.27. The molecular formula is C10H17N5OS. The Morgan fingerprint density at radius 2 is 2.35 bits per heavy atom. The lowest BCUT2D eigenvalue weighted by molar-refractivity contribution is 0.301. The summed E-state index contributed by atoms with van der Waals surface area (Å²) in [6.45, 7) is 0.722. The van der Waals surface area contributed by atoms with Crippen LogP contribution in [0.3, 0.4) is 0 Å². The van der Waals surface area contributed by atoms with Crippen LogP contribution in [0.1, 0.15) is 12.8 Å². The standard InChI is InChI=1S/C10H17N5OS/c1-17-10-12-8(14-11)6-9(13-10)15(4-5-16)7-2-3-7/h6-7,16H,2-5,11H2,1H3,(H,12,13,14). The van der Waals surface area contributed by atoms with Crippen molar-refractivity contribution in [3.8, 4) is 0 Å². The van der Waals surface area contributed by atoms with E-state index in [0.717, 1.165) is 18.7 Å². The van der Waals surface area contributed by atoms with Crippen LogP contribution in [0.2, 0.25) is 0 Å². The molecule has 4 N–H and O–H groups in total. The fourth-order valence-electron chi connectivity index (χ4n) is 1.70. The Labute approximate surface area is 105 Å². The van der Waals surface area contributed by atoms with Gasteiger partial charge in [-0.25, -0.2) is 15.8 Å². The van der Waals surface area contributed by atoms with E-state index in [1.54, 1.807) is 0 Å². The summed E-state index contributed by atoms with van der Waals surface area (Å²) in [5.41, 5.74) is 2.54. The Kier molecular flexibility index (Phi) is 4.03. The lowest BCUT2D eigenvalue weighted by atomic mass is 10.4. The van der Waals surface area contributed by atoms with E-state index in [9.17, 15) is 0 Å². The Morgan fingerprint density at radius 1 is 1.59 bits per heavy atom. The smallest absolute Gasteiger partial charge is 0.191 e. The molecule has 17 heavy (non-hydrogen) atoms.